The Hall–Kier alpha value is -4.19. The fraction of sp³-hybridized carbons (Fsp3) is 0.514. The molecule has 3 aliphatic heterocycles. The molecule has 0 bridgehead atoms. The summed E-state index contributed by atoms with van der Waals surface area (Å²) in [5.41, 5.74) is 0.635. The first-order valence-electron chi connectivity index (χ1n) is 36.2. The van der Waals surface area contributed by atoms with Crippen LogP contribution in [0.5, 0.6) is 17.2 Å². The fourth-order valence-electron chi connectivity index (χ4n) is 12.6. The normalized spacial score (nSPS) is 24.6. The molecular weight excluding hydrogens is 1750 g/mol. The fourth-order valence-corrected chi connectivity index (χ4v) is 14.1. The molecular formula is C72H91N5Na4O37S4. The van der Waals surface area contributed by atoms with E-state index in [0.29, 0.717) is 6.42 Å². The van der Waals surface area contributed by atoms with Crippen molar-refractivity contribution < 1.29 is 291 Å². The molecule has 0 spiro atoms. The van der Waals surface area contributed by atoms with Crippen LogP contribution in [-0.2, 0) is 121 Å². The summed E-state index contributed by atoms with van der Waals surface area (Å²) in [6, 6.07) is 24.3. The Kier molecular flexibility index (Phi) is 46.8. The van der Waals surface area contributed by atoms with Gasteiger partial charge < -0.3 is 117 Å². The minimum Gasteiger partial charge on any atom is -0.862 e. The number of carboxylic acids is 1. The van der Waals surface area contributed by atoms with Gasteiger partial charge in [-0.3, -0.25) is 38.2 Å². The predicted molar refractivity (Wildman–Crippen MR) is 399 cm³/mol. The molecule has 3 fully saturated rings. The van der Waals surface area contributed by atoms with Gasteiger partial charge >= 0.3 is 166 Å². The van der Waals surface area contributed by atoms with Gasteiger partial charge in [0.25, 0.3) is 0 Å². The monoisotopic (exact) mass is 1840 g/mol. The van der Waals surface area contributed by atoms with E-state index in [1.165, 1.54) is 43.3 Å². The van der Waals surface area contributed by atoms with E-state index in [1.54, 1.807) is 60.7 Å². The van der Waals surface area contributed by atoms with Crippen LogP contribution in [0.15, 0.2) is 153 Å². The average molecular weight is 1840 g/mol. The minimum absolute atomic E-state index is 0. The Labute approximate surface area is 791 Å². The Balaban J connectivity index is 0.00000781. The van der Waals surface area contributed by atoms with E-state index in [-0.39, 0.29) is 205 Å². The van der Waals surface area contributed by atoms with E-state index >= 15 is 0 Å². The topological polar surface area (TPSA) is 661 Å². The largest absolute Gasteiger partial charge is 1.00 e. The number of carboxylic acid groups (broad SMARTS) is 1. The van der Waals surface area contributed by atoms with Gasteiger partial charge in [0.1, 0.15) is 90.4 Å². The van der Waals surface area contributed by atoms with E-state index in [2.05, 4.69) is 42.0 Å². The third-order valence-electron chi connectivity index (χ3n) is 18.3. The number of benzene rings is 5. The summed E-state index contributed by atoms with van der Waals surface area (Å²) in [6.45, 7) is -0.392. The van der Waals surface area contributed by atoms with Crippen molar-refractivity contribution in [2.75, 3.05) is 46.1 Å². The first-order chi connectivity index (χ1) is 55.7. The van der Waals surface area contributed by atoms with E-state index in [0.717, 1.165) is 54.4 Å². The minimum atomic E-state index is -5.46. The van der Waals surface area contributed by atoms with Crippen LogP contribution in [0.1, 0.15) is 67.3 Å². The molecule has 654 valence electrons. The molecule has 0 unspecified atom stereocenters. The maximum Gasteiger partial charge on any atom is 1.00 e. The number of aliphatic hydroxyl groups excluding tert-OH is 7. The number of nitrogens with zero attached hydrogens (tertiary/aromatic N) is 4. The van der Waals surface area contributed by atoms with E-state index in [1.807, 2.05) is 0 Å². The number of unbranched alkanes of at least 4 members (excludes halogenated alkanes) is 2. The Bertz CT molecular complexity index is 4580. The van der Waals surface area contributed by atoms with Gasteiger partial charge in [0.15, 0.2) is 18.9 Å². The molecule has 8 rings (SSSR count). The molecule has 122 heavy (non-hydrogen) atoms. The van der Waals surface area contributed by atoms with Crippen molar-refractivity contribution in [2.24, 2.45) is 25.4 Å². The second kappa shape index (κ2) is 51.9. The van der Waals surface area contributed by atoms with Crippen LogP contribution >= 0.6 is 0 Å². The SMILES string of the molecule is CC([O-])=N[C@H]1[C@H](OCC(CNCCCCCC([O-])=N[C@@H](Cc2ccc(OS(=O)(=O)O)cc2)C([O-])=N[C@@H](Cc2ccc(OS(=O)(=O)O)cc2)C([O-])=N[C@@H](Cc2ccc(OS(=O)(=O)O)cc2)C(=O)O)(COCc2ccccc2)COCc2ccccc2)O[C@H](CO)[C@@H](O[C@@H]2O[C@H](CO)[C@H](O)[C@H](OS(=O)(=O)O)[C@H]2O)[C@@H]1O[C@@H]1O[C@@H](C)[C@@H](O)[C@@H](O)[C@@H]1O.[Na+].[Na+].[Na+].[Na+]. The number of hydrogen-bond donors (Lipinski definition) is 13. The molecule has 0 amide bonds. The van der Waals surface area contributed by atoms with Gasteiger partial charge in [0, 0.05) is 13.0 Å². The van der Waals surface area contributed by atoms with Gasteiger partial charge in [-0.2, -0.15) is 33.7 Å². The van der Waals surface area contributed by atoms with E-state index in [4.69, 9.17) is 42.4 Å². The van der Waals surface area contributed by atoms with Crippen LogP contribution in [0.2, 0.25) is 0 Å². The molecule has 13 N–H and O–H groups in total. The third kappa shape index (κ3) is 36.4. The third-order valence-corrected chi connectivity index (χ3v) is 20.0. The van der Waals surface area contributed by atoms with Crippen LogP contribution in [-0.4, -0.2) is 279 Å². The van der Waals surface area contributed by atoms with E-state index in [9.17, 15) is 113 Å². The van der Waals surface area contributed by atoms with Crippen molar-refractivity contribution >= 4 is 71.2 Å². The first kappa shape index (κ1) is 110. The zero-order valence-electron chi connectivity index (χ0n) is 66.9. The van der Waals surface area contributed by atoms with Gasteiger partial charge in [-0.15, -0.1) is 0 Å². The standard InChI is InChI=1S/C72H95N5O37S4.4Na/c1-41-58(82)60(84)61(85)70(106-41)110-64-57(74-42(2)80)69(108-55(34-79)63(64)109-71-62(86)65(114-118(100,101)102)59(83)54(33-78)107-71)105-40-72(38-103-35-46-12-6-3-7-13-46,39-104-36-47-14-8-4-9-15-47)37-73-29-11-5-10-16-56(81)75-51(30-43-17-23-48(24-18-43)111-115(91,92)93)66(87)76-52(31-44-19-25-49(26-20-44)112-116(94,95)96)67(88)77-53(68(89)90)32-45-21-27-50(28-22-45)113-117(97,98)99;;;;/h3-4,6-9,12-15,17-28,41,51-55,57-65,69-71,73,78-79,82-86H,5,10-11,16,29-40H2,1-2H3,(H,74,80)(H,75,81)(H,76,87)(H,77,88)(H,89,90)(H,91,92,93)(H,94,95,96)(H,97,98,99)(H,100,101,102);;;;/q;4*+1/p-4/t41-,51-,52-,53-,54+,55+,57+,58+,59-,60+,61-,62+,63+,64+,65-,69+,70-,71-;;;;/m0..../s1. The van der Waals surface area contributed by atoms with Crippen molar-refractivity contribution in [1.29, 1.82) is 0 Å². The Morgan fingerprint density at radius 1 is 0.492 bits per heavy atom. The second-order valence-corrected chi connectivity index (χ2v) is 31.7. The molecule has 0 aliphatic carbocycles. The first-order valence-corrected chi connectivity index (χ1v) is 41.7. The molecule has 0 aromatic heterocycles. The summed E-state index contributed by atoms with van der Waals surface area (Å²) in [6.07, 6.45) is -28.2. The van der Waals surface area contributed by atoms with Gasteiger partial charge in [-0.1, -0.05) is 103 Å². The molecule has 50 heteroatoms. The van der Waals surface area contributed by atoms with Crippen LogP contribution in [0.3, 0.4) is 0 Å². The number of hydrogen-bond acceptors (Lipinski definition) is 37. The van der Waals surface area contributed by atoms with Crippen LogP contribution in [0.4, 0.5) is 0 Å². The summed E-state index contributed by atoms with van der Waals surface area (Å²) in [5.74, 6) is -7.16. The average Bonchev–Trinajstić information content (AvgIpc) is 0.774. The smallest absolute Gasteiger partial charge is 0.862 e. The number of aliphatic carboxylic acids is 1. The molecule has 3 heterocycles. The zero-order chi connectivity index (χ0) is 86.3. The van der Waals surface area contributed by atoms with Crippen molar-refractivity contribution in [1.82, 2.24) is 5.32 Å². The second-order valence-electron chi connectivity index (χ2n) is 27.6. The van der Waals surface area contributed by atoms with Gasteiger partial charge in [-0.25, -0.2) is 8.98 Å². The van der Waals surface area contributed by atoms with Crippen molar-refractivity contribution in [3.05, 3.63) is 161 Å². The number of aliphatic hydroxyl groups is 7. The predicted octanol–water partition coefficient (Wildman–Crippen LogP) is -15.6. The van der Waals surface area contributed by atoms with Gasteiger partial charge in [0.05, 0.1) is 69.9 Å². The number of aliphatic imine (C=N–C) groups is 4. The molecule has 5 aromatic rings. The molecule has 18 atom stereocenters. The molecule has 5 aromatic carbocycles. The summed E-state index contributed by atoms with van der Waals surface area (Å²) in [7, 11) is -20.4. The van der Waals surface area contributed by atoms with Crippen molar-refractivity contribution in [2.45, 2.75) is 182 Å². The summed E-state index contributed by atoms with van der Waals surface area (Å²) in [4.78, 5) is 29.1. The molecule has 0 saturated carbocycles. The zero-order valence-corrected chi connectivity index (χ0v) is 78.2. The van der Waals surface area contributed by atoms with Gasteiger partial charge in [-0.05, 0) is 140 Å². The van der Waals surface area contributed by atoms with Crippen LogP contribution in [0.25, 0.3) is 0 Å². The van der Waals surface area contributed by atoms with Gasteiger partial charge in [0.2, 0.25) is 0 Å². The molecule has 3 saturated heterocycles. The number of nitrogens with one attached hydrogen (secondary N) is 1. The molecule has 3 aliphatic rings. The Morgan fingerprint density at radius 3 is 1.37 bits per heavy atom. The quantitative estimate of drug-likeness (QED) is 0.00566. The maximum atomic E-state index is 14.6. The maximum absolute atomic E-state index is 14.6. The molecule has 42 nitrogen and oxygen atoms in total. The van der Waals surface area contributed by atoms with Crippen LogP contribution in [0, 0.1) is 5.41 Å². The Morgan fingerprint density at radius 2 is 0.926 bits per heavy atom. The summed E-state index contributed by atoms with van der Waals surface area (Å²) < 4.78 is 198. The number of rotatable bonds is 46. The van der Waals surface area contributed by atoms with Crippen molar-refractivity contribution in [3.8, 4) is 17.2 Å². The number of carbonyl (C=O) groups is 1. The summed E-state index contributed by atoms with van der Waals surface area (Å²) >= 11 is 0. The summed E-state index contributed by atoms with van der Waals surface area (Å²) in [5, 5.41) is 147. The van der Waals surface area contributed by atoms with E-state index < -0.39 is 232 Å². The number of ether oxygens (including phenoxy) is 8. The molecule has 0 radical (unpaired) electrons. The van der Waals surface area contributed by atoms with Crippen molar-refractivity contribution in [3.63, 3.8) is 0 Å². The van der Waals surface area contributed by atoms with Crippen LogP contribution < -0.4 is 157 Å².